The Bertz CT molecular complexity index is 1070. The summed E-state index contributed by atoms with van der Waals surface area (Å²) in [5.74, 6) is -0.406. The van der Waals surface area contributed by atoms with Crippen LogP contribution in [0.5, 0.6) is 0 Å². The lowest BCUT2D eigenvalue weighted by atomic mass is 10.1. The van der Waals surface area contributed by atoms with Crippen LogP contribution in [0.4, 0.5) is 5.69 Å². The Morgan fingerprint density at radius 2 is 1.81 bits per heavy atom. The minimum Gasteiger partial charge on any atom is -0.325 e. The molecule has 7 heteroatoms. The Kier molecular flexibility index (Phi) is 4.36. The van der Waals surface area contributed by atoms with Gasteiger partial charge in [-0.25, -0.2) is 13.1 Å². The van der Waals surface area contributed by atoms with Crippen LogP contribution in [-0.2, 0) is 21.2 Å². The van der Waals surface area contributed by atoms with Crippen molar-refractivity contribution in [3.05, 3.63) is 71.1 Å². The standard InChI is InChI=1S/C19H16N2O3S2/c22-18(12-20-26(23,24)19-6-3-9-25-19)21-15-8-7-14-10-13-4-1-2-5-16(13)17(14)11-15/h1-9,11,20H,10,12H2,(H,21,22). The second kappa shape index (κ2) is 6.68. The third-order valence-corrected chi connectivity index (χ3v) is 7.06. The van der Waals surface area contributed by atoms with Gasteiger partial charge in [-0.3, -0.25) is 4.79 Å². The Morgan fingerprint density at radius 1 is 1.00 bits per heavy atom. The summed E-state index contributed by atoms with van der Waals surface area (Å²) in [6, 6.07) is 17.1. The lowest BCUT2D eigenvalue weighted by molar-refractivity contribution is -0.115. The first-order valence-electron chi connectivity index (χ1n) is 8.07. The van der Waals surface area contributed by atoms with E-state index in [0.29, 0.717) is 5.69 Å². The molecule has 132 valence electrons. The van der Waals surface area contributed by atoms with Crippen LogP contribution in [0, 0.1) is 0 Å². The van der Waals surface area contributed by atoms with Crippen molar-refractivity contribution in [3.63, 3.8) is 0 Å². The average Bonchev–Trinajstić information content (AvgIpc) is 3.28. The quantitative estimate of drug-likeness (QED) is 0.555. The summed E-state index contributed by atoms with van der Waals surface area (Å²) < 4.78 is 26.6. The molecule has 0 unspecified atom stereocenters. The summed E-state index contributed by atoms with van der Waals surface area (Å²) in [7, 11) is -3.65. The third kappa shape index (κ3) is 3.29. The lowest BCUT2D eigenvalue weighted by Gasteiger charge is -2.09. The number of amides is 1. The largest absolute Gasteiger partial charge is 0.325 e. The number of rotatable bonds is 5. The molecule has 0 aliphatic heterocycles. The number of anilines is 1. The molecule has 0 atom stereocenters. The summed E-state index contributed by atoms with van der Waals surface area (Å²) in [4.78, 5) is 12.1. The van der Waals surface area contributed by atoms with Crippen molar-refractivity contribution in [2.75, 3.05) is 11.9 Å². The summed E-state index contributed by atoms with van der Waals surface area (Å²) in [6.45, 7) is -0.312. The number of nitrogens with one attached hydrogen (secondary N) is 2. The number of thiophene rings is 1. The number of carbonyl (C=O) groups is 1. The predicted octanol–water partition coefficient (Wildman–Crippen LogP) is 3.24. The highest BCUT2D eigenvalue weighted by molar-refractivity contribution is 7.91. The zero-order valence-electron chi connectivity index (χ0n) is 13.7. The van der Waals surface area contributed by atoms with Gasteiger partial charge >= 0.3 is 0 Å². The van der Waals surface area contributed by atoms with E-state index in [1.54, 1.807) is 11.4 Å². The number of benzene rings is 2. The van der Waals surface area contributed by atoms with Gasteiger partial charge in [-0.2, -0.15) is 0 Å². The summed E-state index contributed by atoms with van der Waals surface area (Å²) in [6.07, 6.45) is 0.889. The molecule has 0 saturated heterocycles. The van der Waals surface area contributed by atoms with Crippen molar-refractivity contribution >= 4 is 33.0 Å². The number of hydrogen-bond acceptors (Lipinski definition) is 4. The first-order valence-corrected chi connectivity index (χ1v) is 10.4. The molecular formula is C19H16N2O3S2. The molecule has 0 saturated carbocycles. The normalized spacial score (nSPS) is 12.5. The van der Waals surface area contributed by atoms with E-state index in [4.69, 9.17) is 0 Å². The van der Waals surface area contributed by atoms with Crippen molar-refractivity contribution in [2.45, 2.75) is 10.6 Å². The fourth-order valence-electron chi connectivity index (χ4n) is 3.05. The zero-order chi connectivity index (χ0) is 18.1. The van der Waals surface area contributed by atoms with Gasteiger partial charge < -0.3 is 5.32 Å². The first-order chi connectivity index (χ1) is 12.5. The van der Waals surface area contributed by atoms with Gasteiger partial charge in [0.1, 0.15) is 4.21 Å². The Balaban J connectivity index is 1.45. The number of carbonyl (C=O) groups excluding carboxylic acids is 1. The van der Waals surface area contributed by atoms with E-state index in [2.05, 4.69) is 22.2 Å². The average molecular weight is 384 g/mol. The molecule has 0 bridgehead atoms. The first kappa shape index (κ1) is 17.0. The van der Waals surface area contributed by atoms with E-state index in [-0.39, 0.29) is 10.8 Å². The highest BCUT2D eigenvalue weighted by atomic mass is 32.2. The fourth-order valence-corrected chi connectivity index (χ4v) is 5.07. The summed E-state index contributed by atoms with van der Waals surface area (Å²) >= 11 is 1.11. The summed E-state index contributed by atoms with van der Waals surface area (Å²) in [5.41, 5.74) is 5.44. The highest BCUT2D eigenvalue weighted by Gasteiger charge is 2.19. The van der Waals surface area contributed by atoms with E-state index in [1.165, 1.54) is 22.8 Å². The van der Waals surface area contributed by atoms with E-state index in [0.717, 1.165) is 23.3 Å². The number of fused-ring (bicyclic) bond motifs is 3. The predicted molar refractivity (Wildman–Crippen MR) is 103 cm³/mol. The van der Waals surface area contributed by atoms with Crippen LogP contribution in [0.3, 0.4) is 0 Å². The monoisotopic (exact) mass is 384 g/mol. The maximum Gasteiger partial charge on any atom is 0.250 e. The highest BCUT2D eigenvalue weighted by Crippen LogP contribution is 2.37. The van der Waals surface area contributed by atoms with Gasteiger partial charge in [0.05, 0.1) is 6.54 Å². The molecule has 2 aromatic carbocycles. The molecule has 0 radical (unpaired) electrons. The molecule has 0 fully saturated rings. The number of sulfonamides is 1. The molecule has 1 aliphatic carbocycles. The van der Waals surface area contributed by atoms with Gasteiger partial charge in [0.25, 0.3) is 10.0 Å². The van der Waals surface area contributed by atoms with Gasteiger partial charge in [0.2, 0.25) is 5.91 Å². The Hall–Kier alpha value is -2.48. The maximum absolute atomic E-state index is 12.1. The van der Waals surface area contributed by atoms with Gasteiger partial charge in [-0.15, -0.1) is 11.3 Å². The van der Waals surface area contributed by atoms with E-state index in [9.17, 15) is 13.2 Å². The summed E-state index contributed by atoms with van der Waals surface area (Å²) in [5, 5.41) is 4.44. The molecule has 3 aromatic rings. The Morgan fingerprint density at radius 3 is 2.62 bits per heavy atom. The van der Waals surface area contributed by atoms with Crippen LogP contribution < -0.4 is 10.0 Å². The molecule has 4 rings (SSSR count). The van der Waals surface area contributed by atoms with E-state index in [1.807, 2.05) is 30.3 Å². The third-order valence-electron chi connectivity index (χ3n) is 4.26. The molecule has 26 heavy (non-hydrogen) atoms. The van der Waals surface area contributed by atoms with Crippen LogP contribution >= 0.6 is 11.3 Å². The molecule has 0 spiro atoms. The minimum atomic E-state index is -3.65. The van der Waals surface area contributed by atoms with Crippen LogP contribution in [0.2, 0.25) is 0 Å². The van der Waals surface area contributed by atoms with Gasteiger partial charge in [0.15, 0.2) is 0 Å². The smallest absolute Gasteiger partial charge is 0.250 e. The van der Waals surface area contributed by atoms with Crippen LogP contribution in [0.15, 0.2) is 64.2 Å². The number of hydrogen-bond donors (Lipinski definition) is 2. The van der Waals surface area contributed by atoms with Crippen LogP contribution in [0.1, 0.15) is 11.1 Å². The fraction of sp³-hybridized carbons (Fsp3) is 0.105. The molecular weight excluding hydrogens is 368 g/mol. The van der Waals surface area contributed by atoms with Crippen LogP contribution in [-0.4, -0.2) is 20.9 Å². The van der Waals surface area contributed by atoms with E-state index < -0.39 is 15.9 Å². The minimum absolute atomic E-state index is 0.194. The van der Waals surface area contributed by atoms with Gasteiger partial charge in [-0.05, 0) is 52.3 Å². The van der Waals surface area contributed by atoms with E-state index >= 15 is 0 Å². The van der Waals surface area contributed by atoms with Gasteiger partial charge in [-0.1, -0.05) is 36.4 Å². The zero-order valence-corrected chi connectivity index (χ0v) is 15.4. The molecule has 1 amide bonds. The van der Waals surface area contributed by atoms with Crippen LogP contribution in [0.25, 0.3) is 11.1 Å². The molecule has 5 nitrogen and oxygen atoms in total. The van der Waals surface area contributed by atoms with Crippen molar-refractivity contribution < 1.29 is 13.2 Å². The van der Waals surface area contributed by atoms with Crippen molar-refractivity contribution in [3.8, 4) is 11.1 Å². The molecule has 1 aromatic heterocycles. The topological polar surface area (TPSA) is 75.3 Å². The molecule has 2 N–H and O–H groups in total. The second-order valence-electron chi connectivity index (χ2n) is 6.01. The van der Waals surface area contributed by atoms with Gasteiger partial charge in [0, 0.05) is 5.69 Å². The van der Waals surface area contributed by atoms with Crippen molar-refractivity contribution in [1.82, 2.24) is 4.72 Å². The van der Waals surface area contributed by atoms with Crippen molar-refractivity contribution in [1.29, 1.82) is 0 Å². The maximum atomic E-state index is 12.1. The Labute approximate surface area is 155 Å². The SMILES string of the molecule is O=C(CNS(=O)(=O)c1cccs1)Nc1ccc2c(c1)-c1ccccc1C2. The molecule has 1 heterocycles. The second-order valence-corrected chi connectivity index (χ2v) is 8.95. The van der Waals surface area contributed by atoms with Crippen molar-refractivity contribution in [2.24, 2.45) is 0 Å². The molecule has 1 aliphatic rings. The lowest BCUT2D eigenvalue weighted by Crippen LogP contribution is -2.32.